The monoisotopic (exact) mass is 247 g/mol. The number of nitrogens with zero attached hydrogens (tertiary/aromatic N) is 3. The van der Waals surface area contributed by atoms with Crippen LogP contribution in [0.4, 0.5) is 0 Å². The van der Waals surface area contributed by atoms with Crippen molar-refractivity contribution in [3.63, 3.8) is 0 Å². The standard InChI is InChI=1S/C13H17N3O2/c17-13(10-2-1-3-10)16-7-5-11(8-16)18-12-4-6-14-9-15-12/h4,6,9-11H,1-3,5,7-8H2/t11-/m0/s1. The van der Waals surface area contributed by atoms with Crippen LogP contribution in [-0.2, 0) is 4.79 Å². The molecule has 1 saturated carbocycles. The molecule has 5 nitrogen and oxygen atoms in total. The van der Waals surface area contributed by atoms with Crippen molar-refractivity contribution in [2.24, 2.45) is 5.92 Å². The van der Waals surface area contributed by atoms with Crippen molar-refractivity contribution >= 4 is 5.91 Å². The van der Waals surface area contributed by atoms with Gasteiger partial charge >= 0.3 is 0 Å². The molecule has 1 aromatic heterocycles. The second kappa shape index (κ2) is 4.92. The molecule has 0 bridgehead atoms. The molecule has 1 amide bonds. The van der Waals surface area contributed by atoms with Gasteiger partial charge in [0.15, 0.2) is 0 Å². The number of rotatable bonds is 3. The number of carbonyl (C=O) groups is 1. The van der Waals surface area contributed by atoms with Gasteiger partial charge in [-0.25, -0.2) is 9.97 Å². The van der Waals surface area contributed by atoms with Crippen LogP contribution in [0.5, 0.6) is 5.88 Å². The maximum atomic E-state index is 12.1. The van der Waals surface area contributed by atoms with E-state index in [9.17, 15) is 4.79 Å². The quantitative estimate of drug-likeness (QED) is 0.806. The molecule has 5 heteroatoms. The van der Waals surface area contributed by atoms with Gasteiger partial charge in [-0.2, -0.15) is 0 Å². The summed E-state index contributed by atoms with van der Waals surface area (Å²) in [7, 11) is 0. The summed E-state index contributed by atoms with van der Waals surface area (Å²) in [5, 5.41) is 0. The predicted octanol–water partition coefficient (Wildman–Crippen LogP) is 1.26. The summed E-state index contributed by atoms with van der Waals surface area (Å²) in [5.74, 6) is 1.19. The first-order valence-corrected chi connectivity index (χ1v) is 6.54. The number of carbonyl (C=O) groups excluding carboxylic acids is 1. The first-order valence-electron chi connectivity index (χ1n) is 6.54. The molecule has 1 aliphatic heterocycles. The SMILES string of the molecule is O=C(C1CCC1)N1CC[C@H](Oc2ccncn2)C1. The van der Waals surface area contributed by atoms with Crippen LogP contribution in [0.1, 0.15) is 25.7 Å². The Bertz CT molecular complexity index is 420. The number of likely N-dealkylation sites (tertiary alicyclic amines) is 1. The first-order chi connectivity index (χ1) is 8.83. The molecule has 1 aliphatic carbocycles. The van der Waals surface area contributed by atoms with Gasteiger partial charge in [0.2, 0.25) is 11.8 Å². The van der Waals surface area contributed by atoms with Crippen LogP contribution in [0, 0.1) is 5.92 Å². The van der Waals surface area contributed by atoms with Gasteiger partial charge in [0.05, 0.1) is 6.54 Å². The number of amides is 1. The highest BCUT2D eigenvalue weighted by molar-refractivity contribution is 5.79. The van der Waals surface area contributed by atoms with E-state index < -0.39 is 0 Å². The van der Waals surface area contributed by atoms with E-state index in [4.69, 9.17) is 4.74 Å². The molecule has 0 N–H and O–H groups in total. The Hall–Kier alpha value is -1.65. The van der Waals surface area contributed by atoms with E-state index in [1.165, 1.54) is 12.7 Å². The third kappa shape index (κ3) is 2.30. The van der Waals surface area contributed by atoms with Gasteiger partial charge in [0, 0.05) is 31.1 Å². The zero-order valence-corrected chi connectivity index (χ0v) is 10.3. The molecule has 0 unspecified atom stereocenters. The van der Waals surface area contributed by atoms with Crippen LogP contribution in [0.3, 0.4) is 0 Å². The normalized spacial score (nSPS) is 23.8. The highest BCUT2D eigenvalue weighted by atomic mass is 16.5. The summed E-state index contributed by atoms with van der Waals surface area (Å²) in [5.41, 5.74) is 0. The average molecular weight is 247 g/mol. The zero-order chi connectivity index (χ0) is 12.4. The Labute approximate surface area is 106 Å². The first kappa shape index (κ1) is 11.4. The molecule has 0 radical (unpaired) electrons. The zero-order valence-electron chi connectivity index (χ0n) is 10.3. The molecule has 0 aromatic carbocycles. The maximum absolute atomic E-state index is 12.1. The van der Waals surface area contributed by atoms with Crippen molar-refractivity contribution in [1.29, 1.82) is 0 Å². The molecule has 2 heterocycles. The Morgan fingerprint density at radius 1 is 1.39 bits per heavy atom. The molecule has 2 fully saturated rings. The second-order valence-corrected chi connectivity index (χ2v) is 4.99. The highest BCUT2D eigenvalue weighted by Crippen LogP contribution is 2.29. The van der Waals surface area contributed by atoms with Crippen LogP contribution < -0.4 is 4.74 Å². The van der Waals surface area contributed by atoms with Crippen molar-refractivity contribution in [3.05, 3.63) is 18.6 Å². The number of hydrogen-bond donors (Lipinski definition) is 0. The van der Waals surface area contributed by atoms with Gasteiger partial charge < -0.3 is 9.64 Å². The van der Waals surface area contributed by atoms with E-state index in [1.54, 1.807) is 12.3 Å². The lowest BCUT2D eigenvalue weighted by Crippen LogP contribution is -2.38. The Kier molecular flexibility index (Phi) is 3.13. The third-order valence-corrected chi connectivity index (χ3v) is 3.75. The fourth-order valence-corrected chi connectivity index (χ4v) is 2.46. The average Bonchev–Trinajstić information content (AvgIpc) is 2.76. The minimum atomic E-state index is 0.0731. The summed E-state index contributed by atoms with van der Waals surface area (Å²) >= 11 is 0. The van der Waals surface area contributed by atoms with Gasteiger partial charge in [-0.3, -0.25) is 4.79 Å². The van der Waals surface area contributed by atoms with Crippen molar-refractivity contribution < 1.29 is 9.53 Å². The Morgan fingerprint density at radius 2 is 2.28 bits per heavy atom. The van der Waals surface area contributed by atoms with E-state index in [-0.39, 0.29) is 12.0 Å². The van der Waals surface area contributed by atoms with Gasteiger partial charge in [0.1, 0.15) is 12.4 Å². The Morgan fingerprint density at radius 3 is 2.94 bits per heavy atom. The Balaban J connectivity index is 1.53. The molecule has 0 spiro atoms. The smallest absolute Gasteiger partial charge is 0.225 e. The largest absolute Gasteiger partial charge is 0.472 e. The van der Waals surface area contributed by atoms with Crippen LogP contribution in [-0.4, -0.2) is 40.0 Å². The van der Waals surface area contributed by atoms with Crippen molar-refractivity contribution in [2.45, 2.75) is 31.8 Å². The van der Waals surface area contributed by atoms with E-state index in [2.05, 4.69) is 9.97 Å². The molecular weight excluding hydrogens is 230 g/mol. The van der Waals surface area contributed by atoms with Gasteiger partial charge in [0.25, 0.3) is 0 Å². The van der Waals surface area contributed by atoms with Crippen LogP contribution in [0.15, 0.2) is 18.6 Å². The molecule has 2 aliphatic rings. The van der Waals surface area contributed by atoms with Crippen molar-refractivity contribution in [2.75, 3.05) is 13.1 Å². The van der Waals surface area contributed by atoms with E-state index >= 15 is 0 Å². The molecule has 1 atom stereocenters. The van der Waals surface area contributed by atoms with Crippen LogP contribution >= 0.6 is 0 Å². The van der Waals surface area contributed by atoms with Gasteiger partial charge in [-0.15, -0.1) is 0 Å². The summed E-state index contributed by atoms with van der Waals surface area (Å²) < 4.78 is 5.74. The third-order valence-electron chi connectivity index (χ3n) is 3.75. The predicted molar refractivity (Wildman–Crippen MR) is 65.0 cm³/mol. The summed E-state index contributed by atoms with van der Waals surface area (Å²) in [6.45, 7) is 1.50. The molecule has 18 heavy (non-hydrogen) atoms. The number of aromatic nitrogens is 2. The van der Waals surface area contributed by atoms with Crippen molar-refractivity contribution in [3.8, 4) is 5.88 Å². The highest BCUT2D eigenvalue weighted by Gasteiger charge is 2.34. The second-order valence-electron chi connectivity index (χ2n) is 4.99. The summed E-state index contributed by atoms with van der Waals surface area (Å²) in [6, 6.07) is 1.75. The summed E-state index contributed by atoms with van der Waals surface area (Å²) in [6.07, 6.45) is 7.42. The molecule has 3 rings (SSSR count). The molecular formula is C13H17N3O2. The number of ether oxygens (including phenoxy) is 1. The van der Waals surface area contributed by atoms with Gasteiger partial charge in [-0.05, 0) is 12.8 Å². The molecule has 96 valence electrons. The minimum Gasteiger partial charge on any atom is -0.472 e. The fourth-order valence-electron chi connectivity index (χ4n) is 2.46. The van der Waals surface area contributed by atoms with Crippen LogP contribution in [0.25, 0.3) is 0 Å². The minimum absolute atomic E-state index is 0.0731. The lowest BCUT2D eigenvalue weighted by Gasteiger charge is -2.29. The maximum Gasteiger partial charge on any atom is 0.225 e. The fraction of sp³-hybridized carbons (Fsp3) is 0.615. The molecule has 1 aromatic rings. The molecule has 1 saturated heterocycles. The van der Waals surface area contributed by atoms with Gasteiger partial charge in [-0.1, -0.05) is 6.42 Å². The van der Waals surface area contributed by atoms with E-state index in [0.29, 0.717) is 18.3 Å². The topological polar surface area (TPSA) is 55.3 Å². The summed E-state index contributed by atoms with van der Waals surface area (Å²) in [4.78, 5) is 21.9. The number of hydrogen-bond acceptors (Lipinski definition) is 4. The lowest BCUT2D eigenvalue weighted by molar-refractivity contribution is -0.137. The van der Waals surface area contributed by atoms with E-state index in [1.807, 2.05) is 4.90 Å². The van der Waals surface area contributed by atoms with Crippen molar-refractivity contribution in [1.82, 2.24) is 14.9 Å². The van der Waals surface area contributed by atoms with Crippen LogP contribution in [0.2, 0.25) is 0 Å². The van der Waals surface area contributed by atoms with E-state index in [0.717, 1.165) is 25.8 Å². The lowest BCUT2D eigenvalue weighted by atomic mass is 9.84.